The van der Waals surface area contributed by atoms with E-state index in [9.17, 15) is 8.42 Å². The Balaban J connectivity index is 1.95. The van der Waals surface area contributed by atoms with E-state index in [-0.39, 0.29) is 11.0 Å². The van der Waals surface area contributed by atoms with E-state index in [4.69, 9.17) is 4.42 Å². The van der Waals surface area contributed by atoms with Crippen LogP contribution in [-0.4, -0.2) is 36.4 Å². The van der Waals surface area contributed by atoms with Gasteiger partial charge in [0.1, 0.15) is 9.84 Å². The Morgan fingerprint density at radius 2 is 2.26 bits per heavy atom. The lowest BCUT2D eigenvalue weighted by Gasteiger charge is -2.05. The van der Waals surface area contributed by atoms with Gasteiger partial charge in [0.2, 0.25) is 5.89 Å². The predicted octanol–water partition coefficient (Wildman–Crippen LogP) is 2.64. The van der Waals surface area contributed by atoms with Crippen molar-refractivity contribution in [3.05, 3.63) is 23.4 Å². The van der Waals surface area contributed by atoms with Gasteiger partial charge in [0.25, 0.3) is 5.89 Å². The molecule has 1 atom stereocenters. The summed E-state index contributed by atoms with van der Waals surface area (Å²) in [6.07, 6.45) is 1.24. The first-order valence-electron chi connectivity index (χ1n) is 5.62. The molecule has 0 aliphatic heterocycles. The monoisotopic (exact) mass is 318 g/mol. The third-order valence-corrected chi connectivity index (χ3v) is 5.55. The molecule has 0 spiro atoms. The van der Waals surface area contributed by atoms with Gasteiger partial charge in [-0.15, -0.1) is 33.3 Å². The van der Waals surface area contributed by atoms with Crippen LogP contribution in [0.25, 0.3) is 10.8 Å². The molecule has 5 nitrogen and oxygen atoms in total. The van der Waals surface area contributed by atoms with Gasteiger partial charge in [-0.05, 0) is 18.4 Å². The van der Waals surface area contributed by atoms with Crippen molar-refractivity contribution in [2.24, 2.45) is 0 Å². The number of thioether (sulfide) groups is 1. The topological polar surface area (TPSA) is 73.1 Å². The molecular weight excluding hydrogens is 304 g/mol. The van der Waals surface area contributed by atoms with E-state index in [2.05, 4.69) is 10.2 Å². The van der Waals surface area contributed by atoms with Gasteiger partial charge in [-0.25, -0.2) is 8.42 Å². The molecule has 0 aliphatic carbocycles. The number of rotatable bonds is 6. The van der Waals surface area contributed by atoms with Crippen LogP contribution in [0.2, 0.25) is 0 Å². The van der Waals surface area contributed by atoms with Crippen LogP contribution in [0.3, 0.4) is 0 Å². The van der Waals surface area contributed by atoms with Crippen LogP contribution in [0.5, 0.6) is 0 Å². The highest BCUT2D eigenvalue weighted by Gasteiger charge is 2.16. The van der Waals surface area contributed by atoms with Gasteiger partial charge < -0.3 is 4.42 Å². The minimum absolute atomic E-state index is 0.0111. The Labute approximate surface area is 120 Å². The minimum atomic E-state index is -2.92. The summed E-state index contributed by atoms with van der Waals surface area (Å²) in [4.78, 5) is 0.937. The molecule has 2 aromatic rings. The first-order chi connectivity index (χ1) is 8.96. The summed E-state index contributed by atoms with van der Waals surface area (Å²) in [6.45, 7) is 1.93. The molecule has 2 heterocycles. The molecule has 1 unspecified atom stereocenters. The Kier molecular flexibility index (Phi) is 4.64. The third kappa shape index (κ3) is 4.32. The predicted molar refractivity (Wildman–Crippen MR) is 78.2 cm³/mol. The normalized spacial score (nSPS) is 13.6. The zero-order valence-corrected chi connectivity index (χ0v) is 13.0. The van der Waals surface area contributed by atoms with Crippen LogP contribution in [-0.2, 0) is 9.84 Å². The van der Waals surface area contributed by atoms with Crippen molar-refractivity contribution < 1.29 is 12.8 Å². The lowest BCUT2D eigenvalue weighted by Crippen LogP contribution is -2.06. The van der Waals surface area contributed by atoms with Gasteiger partial charge in [-0.1, -0.05) is 6.07 Å². The van der Waals surface area contributed by atoms with Gasteiger partial charge in [0, 0.05) is 12.0 Å². The van der Waals surface area contributed by atoms with Crippen molar-refractivity contribution >= 4 is 32.9 Å². The average molecular weight is 318 g/mol. The summed E-state index contributed by atoms with van der Waals surface area (Å²) >= 11 is 3.03. The summed E-state index contributed by atoms with van der Waals surface area (Å²) in [5, 5.41) is 9.94. The first-order valence-corrected chi connectivity index (χ1v) is 9.61. The van der Waals surface area contributed by atoms with E-state index in [0.717, 1.165) is 4.88 Å². The highest BCUT2D eigenvalue weighted by atomic mass is 32.2. The molecule has 8 heteroatoms. The number of nitrogens with zero attached hydrogens (tertiary/aromatic N) is 2. The van der Waals surface area contributed by atoms with Crippen molar-refractivity contribution in [3.8, 4) is 10.8 Å². The standard InChI is InChI=1S/C11H14N2O3S3/c1-8(17-6-7-19(2,14)15)10-12-13-11(16-10)9-4-3-5-18-9/h3-5,8H,6-7H2,1-2H3. The Bertz CT molecular complexity index is 619. The second-order valence-electron chi connectivity index (χ2n) is 4.07. The highest BCUT2D eigenvalue weighted by molar-refractivity contribution is 8.00. The van der Waals surface area contributed by atoms with E-state index in [1.54, 1.807) is 0 Å². The van der Waals surface area contributed by atoms with E-state index in [1.165, 1.54) is 29.4 Å². The Morgan fingerprint density at radius 1 is 1.47 bits per heavy atom. The maximum Gasteiger partial charge on any atom is 0.257 e. The average Bonchev–Trinajstić information content (AvgIpc) is 2.98. The molecule has 0 saturated heterocycles. The van der Waals surface area contributed by atoms with Crippen molar-refractivity contribution in [3.63, 3.8) is 0 Å². The fraction of sp³-hybridized carbons (Fsp3) is 0.455. The molecule has 2 aromatic heterocycles. The largest absolute Gasteiger partial charge is 0.419 e. The van der Waals surface area contributed by atoms with Crippen molar-refractivity contribution in [2.75, 3.05) is 17.8 Å². The van der Waals surface area contributed by atoms with Gasteiger partial charge >= 0.3 is 0 Å². The number of sulfone groups is 1. The Hall–Kier alpha value is -0.860. The second kappa shape index (κ2) is 6.06. The van der Waals surface area contributed by atoms with Crippen molar-refractivity contribution in [2.45, 2.75) is 12.2 Å². The van der Waals surface area contributed by atoms with Gasteiger partial charge in [0.05, 0.1) is 15.9 Å². The number of aromatic nitrogens is 2. The van der Waals surface area contributed by atoms with Gasteiger partial charge in [0.15, 0.2) is 0 Å². The van der Waals surface area contributed by atoms with Crippen LogP contribution < -0.4 is 0 Å². The van der Waals surface area contributed by atoms with Crippen LogP contribution in [0.4, 0.5) is 0 Å². The van der Waals surface area contributed by atoms with Gasteiger partial charge in [-0.3, -0.25) is 0 Å². The molecule has 0 aromatic carbocycles. The molecule has 0 fully saturated rings. The zero-order chi connectivity index (χ0) is 13.9. The molecular formula is C11H14N2O3S3. The van der Waals surface area contributed by atoms with Crippen LogP contribution in [0.15, 0.2) is 21.9 Å². The summed E-state index contributed by atoms with van der Waals surface area (Å²) in [7, 11) is -2.92. The molecule has 0 radical (unpaired) electrons. The molecule has 19 heavy (non-hydrogen) atoms. The van der Waals surface area contributed by atoms with E-state index in [0.29, 0.717) is 17.5 Å². The molecule has 0 aliphatic rings. The van der Waals surface area contributed by atoms with Gasteiger partial charge in [-0.2, -0.15) is 0 Å². The maximum atomic E-state index is 11.0. The summed E-state index contributed by atoms with van der Waals surface area (Å²) in [6, 6.07) is 3.84. The first kappa shape index (κ1) is 14.5. The van der Waals surface area contributed by atoms with Crippen LogP contribution in [0, 0.1) is 0 Å². The smallest absolute Gasteiger partial charge is 0.257 e. The van der Waals surface area contributed by atoms with Crippen molar-refractivity contribution in [1.29, 1.82) is 0 Å². The van der Waals surface area contributed by atoms with Crippen LogP contribution in [0.1, 0.15) is 18.1 Å². The highest BCUT2D eigenvalue weighted by Crippen LogP contribution is 2.30. The molecule has 0 amide bonds. The molecule has 2 rings (SSSR count). The molecule has 0 saturated carbocycles. The van der Waals surface area contributed by atoms with E-state index in [1.807, 2.05) is 24.4 Å². The quantitative estimate of drug-likeness (QED) is 0.815. The number of hydrogen-bond donors (Lipinski definition) is 0. The second-order valence-corrected chi connectivity index (χ2v) is 8.72. The maximum absolute atomic E-state index is 11.0. The zero-order valence-electron chi connectivity index (χ0n) is 10.6. The number of thiophene rings is 1. The fourth-order valence-corrected chi connectivity index (χ4v) is 4.18. The SMILES string of the molecule is CC(SCCS(C)(=O)=O)c1nnc(-c2cccs2)o1. The number of hydrogen-bond acceptors (Lipinski definition) is 7. The summed E-state index contributed by atoms with van der Waals surface area (Å²) in [5.41, 5.74) is 0. The van der Waals surface area contributed by atoms with Crippen LogP contribution >= 0.6 is 23.1 Å². The third-order valence-electron chi connectivity index (χ3n) is 2.34. The Morgan fingerprint density at radius 3 is 2.89 bits per heavy atom. The lowest BCUT2D eigenvalue weighted by molar-refractivity contribution is 0.510. The summed E-state index contributed by atoms with van der Waals surface area (Å²) in [5.74, 6) is 1.73. The van der Waals surface area contributed by atoms with E-state index < -0.39 is 9.84 Å². The molecule has 0 N–H and O–H groups in total. The fourth-order valence-electron chi connectivity index (χ4n) is 1.35. The summed E-state index contributed by atoms with van der Waals surface area (Å²) < 4.78 is 27.7. The van der Waals surface area contributed by atoms with Crippen molar-refractivity contribution in [1.82, 2.24) is 10.2 Å². The van der Waals surface area contributed by atoms with E-state index >= 15 is 0 Å². The molecule has 104 valence electrons. The lowest BCUT2D eigenvalue weighted by atomic mass is 10.5. The molecule has 0 bridgehead atoms. The minimum Gasteiger partial charge on any atom is -0.419 e.